The zero-order valence-electron chi connectivity index (χ0n) is 22.3. The molecule has 192 valence electrons. The Morgan fingerprint density at radius 1 is 0.463 bits per heavy atom. The minimum absolute atomic E-state index is 0.712. The highest BCUT2D eigenvalue weighted by Gasteiger charge is 2.22. The summed E-state index contributed by atoms with van der Waals surface area (Å²) in [5.74, 6) is 0.712. The number of rotatable bonds is 4. The molecule has 0 bridgehead atoms. The number of fused-ring (bicyclic) bond motifs is 4. The van der Waals surface area contributed by atoms with Gasteiger partial charge >= 0.3 is 0 Å². The van der Waals surface area contributed by atoms with E-state index in [1.807, 2.05) is 24.4 Å². The maximum absolute atomic E-state index is 5.15. The Hall–Kier alpha value is -5.41. The van der Waals surface area contributed by atoms with Gasteiger partial charge in [0.05, 0.1) is 16.9 Å². The van der Waals surface area contributed by atoms with Crippen LogP contribution in [0.5, 0.6) is 0 Å². The summed E-state index contributed by atoms with van der Waals surface area (Å²) in [5.41, 5.74) is 13.6. The molecule has 2 heterocycles. The molecule has 8 rings (SSSR count). The fraction of sp³-hybridized carbons (Fsp3) is 0.0263. The monoisotopic (exact) mass is 523 g/mol. The average Bonchev–Trinajstić information content (AvgIpc) is 3.44. The Bertz CT molecular complexity index is 2060. The lowest BCUT2D eigenvalue weighted by atomic mass is 9.99. The fourth-order valence-electron chi connectivity index (χ4n) is 5.98. The van der Waals surface area contributed by atoms with Crippen LogP contribution in [-0.2, 0) is 6.42 Å². The second-order valence-electron chi connectivity index (χ2n) is 10.5. The van der Waals surface area contributed by atoms with E-state index in [0.29, 0.717) is 5.82 Å². The van der Waals surface area contributed by atoms with Crippen molar-refractivity contribution in [2.24, 2.45) is 0 Å². The molecule has 0 radical (unpaired) electrons. The van der Waals surface area contributed by atoms with Crippen LogP contribution in [0.3, 0.4) is 0 Å². The molecule has 0 atom stereocenters. The van der Waals surface area contributed by atoms with E-state index in [4.69, 9.17) is 15.0 Å². The maximum atomic E-state index is 5.15. The average molecular weight is 524 g/mol. The van der Waals surface area contributed by atoms with Gasteiger partial charge in [-0.15, -0.1) is 0 Å². The van der Waals surface area contributed by atoms with Crippen molar-refractivity contribution in [3.63, 3.8) is 0 Å². The highest BCUT2D eigenvalue weighted by molar-refractivity contribution is 5.94. The quantitative estimate of drug-likeness (QED) is 0.231. The molecule has 0 spiro atoms. The number of aromatic nitrogens is 3. The summed E-state index contributed by atoms with van der Waals surface area (Å²) < 4.78 is 0. The molecule has 3 heteroatoms. The topological polar surface area (TPSA) is 38.7 Å². The lowest BCUT2D eigenvalue weighted by molar-refractivity contribution is 1.20. The van der Waals surface area contributed by atoms with Gasteiger partial charge in [0.2, 0.25) is 0 Å². The molecule has 1 aliphatic carbocycles. The van der Waals surface area contributed by atoms with Crippen molar-refractivity contribution in [1.29, 1.82) is 0 Å². The van der Waals surface area contributed by atoms with Gasteiger partial charge in [-0.25, -0.2) is 9.97 Å². The highest BCUT2D eigenvalue weighted by atomic mass is 14.9. The molecule has 1 aliphatic rings. The zero-order valence-corrected chi connectivity index (χ0v) is 22.3. The number of benzene rings is 5. The first-order valence-corrected chi connectivity index (χ1v) is 13.9. The Morgan fingerprint density at radius 2 is 1.17 bits per heavy atom. The summed E-state index contributed by atoms with van der Waals surface area (Å²) in [7, 11) is 0. The van der Waals surface area contributed by atoms with Crippen LogP contribution in [0, 0.1) is 0 Å². The van der Waals surface area contributed by atoms with Crippen molar-refractivity contribution < 1.29 is 0 Å². The summed E-state index contributed by atoms with van der Waals surface area (Å²) in [5, 5.41) is 1.04. The molecule has 0 fully saturated rings. The van der Waals surface area contributed by atoms with E-state index in [1.54, 1.807) is 0 Å². The summed E-state index contributed by atoms with van der Waals surface area (Å²) in [6.07, 6.45) is 2.82. The summed E-state index contributed by atoms with van der Waals surface area (Å²) in [4.78, 5) is 15.0. The molecule has 2 aromatic heterocycles. The van der Waals surface area contributed by atoms with Crippen molar-refractivity contribution in [2.45, 2.75) is 6.42 Å². The zero-order chi connectivity index (χ0) is 27.2. The third-order valence-corrected chi connectivity index (χ3v) is 7.99. The summed E-state index contributed by atoms with van der Waals surface area (Å²) in [6.45, 7) is 0. The number of hydrogen-bond acceptors (Lipinski definition) is 3. The molecule has 0 unspecified atom stereocenters. The van der Waals surface area contributed by atoms with Crippen LogP contribution in [0.25, 0.3) is 67.1 Å². The fourth-order valence-corrected chi connectivity index (χ4v) is 5.98. The molecular formula is C38H25N3. The van der Waals surface area contributed by atoms with Gasteiger partial charge in [0.15, 0.2) is 5.82 Å². The van der Waals surface area contributed by atoms with E-state index in [9.17, 15) is 0 Å². The largest absolute Gasteiger partial charge is 0.256 e. The van der Waals surface area contributed by atoms with Crippen LogP contribution >= 0.6 is 0 Å². The van der Waals surface area contributed by atoms with Gasteiger partial charge < -0.3 is 0 Å². The molecule has 0 saturated heterocycles. The number of nitrogens with zero attached hydrogens (tertiary/aromatic N) is 3. The SMILES string of the molecule is c1ccc(-c2ccc(-c3nc(-c4cccc(-c5nccc6c5Cc5ccccc5-6)c4)nc4ccccc34)cc2)cc1. The van der Waals surface area contributed by atoms with E-state index < -0.39 is 0 Å². The lowest BCUT2D eigenvalue weighted by Crippen LogP contribution is -1.96. The standard InChI is InChI=1S/C38H25N3/c1-2-9-25(10-3-1)26-17-19-27(20-18-26)37-33-15-6-7-16-35(33)40-38(41-37)30-13-8-12-29(23-30)36-34-24-28-11-4-5-14-31(28)32(34)21-22-39-36/h1-23H,24H2. The minimum Gasteiger partial charge on any atom is -0.256 e. The maximum Gasteiger partial charge on any atom is 0.160 e. The van der Waals surface area contributed by atoms with Gasteiger partial charge in [0, 0.05) is 34.7 Å². The summed E-state index contributed by atoms with van der Waals surface area (Å²) >= 11 is 0. The van der Waals surface area contributed by atoms with E-state index in [0.717, 1.165) is 45.4 Å². The van der Waals surface area contributed by atoms with Gasteiger partial charge in [-0.3, -0.25) is 4.98 Å². The number of para-hydroxylation sites is 1. The normalized spacial score (nSPS) is 11.8. The third-order valence-electron chi connectivity index (χ3n) is 7.99. The van der Waals surface area contributed by atoms with Gasteiger partial charge in [-0.05, 0) is 51.6 Å². The summed E-state index contributed by atoms with van der Waals surface area (Å²) in [6, 6.07) is 46.6. The van der Waals surface area contributed by atoms with Crippen LogP contribution in [-0.4, -0.2) is 15.0 Å². The predicted molar refractivity (Wildman–Crippen MR) is 167 cm³/mol. The first-order valence-electron chi connectivity index (χ1n) is 13.9. The first kappa shape index (κ1) is 23.5. The van der Waals surface area contributed by atoms with Crippen molar-refractivity contribution >= 4 is 10.9 Å². The lowest BCUT2D eigenvalue weighted by Gasteiger charge is -2.12. The molecule has 0 N–H and O–H groups in total. The highest BCUT2D eigenvalue weighted by Crippen LogP contribution is 2.41. The van der Waals surface area contributed by atoms with Crippen molar-refractivity contribution in [2.75, 3.05) is 0 Å². The first-order chi connectivity index (χ1) is 20.3. The third kappa shape index (κ3) is 4.11. The molecule has 3 nitrogen and oxygen atoms in total. The Kier molecular flexibility index (Phi) is 5.53. The van der Waals surface area contributed by atoms with E-state index in [-0.39, 0.29) is 0 Å². The predicted octanol–water partition coefficient (Wildman–Crippen LogP) is 9.26. The Morgan fingerprint density at radius 3 is 2.07 bits per heavy atom. The van der Waals surface area contributed by atoms with E-state index in [2.05, 4.69) is 115 Å². The van der Waals surface area contributed by atoms with Gasteiger partial charge in [-0.1, -0.05) is 115 Å². The molecule has 0 saturated carbocycles. The van der Waals surface area contributed by atoms with E-state index in [1.165, 1.54) is 33.4 Å². The van der Waals surface area contributed by atoms with Crippen LogP contribution in [0.4, 0.5) is 0 Å². The molecule has 5 aromatic carbocycles. The van der Waals surface area contributed by atoms with Crippen LogP contribution in [0.2, 0.25) is 0 Å². The number of hydrogen-bond donors (Lipinski definition) is 0. The van der Waals surface area contributed by atoms with Crippen molar-refractivity contribution in [3.8, 4) is 56.2 Å². The molecular weight excluding hydrogens is 498 g/mol. The van der Waals surface area contributed by atoms with Crippen LogP contribution in [0.1, 0.15) is 11.1 Å². The van der Waals surface area contributed by atoms with E-state index >= 15 is 0 Å². The Labute approximate surface area is 238 Å². The van der Waals surface area contributed by atoms with Crippen molar-refractivity contribution in [3.05, 3.63) is 151 Å². The second-order valence-corrected chi connectivity index (χ2v) is 10.5. The minimum atomic E-state index is 0.712. The van der Waals surface area contributed by atoms with Gasteiger partial charge in [-0.2, -0.15) is 0 Å². The number of pyridine rings is 1. The molecule has 0 amide bonds. The van der Waals surface area contributed by atoms with Gasteiger partial charge in [0.1, 0.15) is 0 Å². The van der Waals surface area contributed by atoms with Crippen LogP contribution in [0.15, 0.2) is 140 Å². The Balaban J connectivity index is 1.22. The van der Waals surface area contributed by atoms with Crippen molar-refractivity contribution in [1.82, 2.24) is 15.0 Å². The smallest absolute Gasteiger partial charge is 0.160 e. The van der Waals surface area contributed by atoms with Gasteiger partial charge in [0.25, 0.3) is 0 Å². The van der Waals surface area contributed by atoms with Crippen LogP contribution < -0.4 is 0 Å². The second kappa shape index (κ2) is 9.65. The molecule has 0 aliphatic heterocycles. The molecule has 7 aromatic rings. The molecule has 41 heavy (non-hydrogen) atoms.